The number of aliphatic hydroxyl groups excluding tert-OH is 1. The number of halogens is 3. The van der Waals surface area contributed by atoms with E-state index in [1.54, 1.807) is 0 Å². The highest BCUT2D eigenvalue weighted by Crippen LogP contribution is 2.27. The third-order valence-corrected chi connectivity index (χ3v) is 1.78. The Morgan fingerprint density at radius 1 is 1.47 bits per heavy atom. The van der Waals surface area contributed by atoms with Crippen LogP contribution in [0.2, 0.25) is 0 Å². The quantitative estimate of drug-likeness (QED) is 0.626. The number of nitrogens with zero attached hydrogens (tertiary/aromatic N) is 1. The smallest absolute Gasteiger partial charge is 0.305 e. The first-order chi connectivity index (χ1) is 6.99. The molecule has 0 saturated heterocycles. The zero-order chi connectivity index (χ0) is 11.6. The van der Waals surface area contributed by atoms with Gasteiger partial charge < -0.3 is 5.11 Å². The van der Waals surface area contributed by atoms with Gasteiger partial charge in [0.05, 0.1) is 10.5 Å². The summed E-state index contributed by atoms with van der Waals surface area (Å²) in [5.74, 6) is -2.77. The zero-order valence-corrected chi connectivity index (χ0v) is 7.28. The van der Waals surface area contributed by atoms with Crippen LogP contribution < -0.4 is 0 Å². The topological polar surface area (TPSA) is 63.4 Å². The summed E-state index contributed by atoms with van der Waals surface area (Å²) >= 11 is 0. The second kappa shape index (κ2) is 4.26. The normalized spacial score (nSPS) is 12.5. The molecule has 0 spiro atoms. The first-order valence-corrected chi connectivity index (χ1v) is 3.85. The van der Waals surface area contributed by atoms with Crippen molar-refractivity contribution < 1.29 is 23.2 Å². The first kappa shape index (κ1) is 11.4. The van der Waals surface area contributed by atoms with Gasteiger partial charge in [-0.05, 0) is 6.07 Å². The highest BCUT2D eigenvalue weighted by Gasteiger charge is 2.25. The van der Waals surface area contributed by atoms with Crippen molar-refractivity contribution in [2.75, 3.05) is 6.67 Å². The molecular weight excluding hydrogens is 215 g/mol. The van der Waals surface area contributed by atoms with Gasteiger partial charge in [0.2, 0.25) is 5.82 Å². The van der Waals surface area contributed by atoms with Gasteiger partial charge in [-0.25, -0.2) is 8.78 Å². The molecule has 7 heteroatoms. The van der Waals surface area contributed by atoms with E-state index in [-0.39, 0.29) is 0 Å². The molecule has 0 aliphatic rings. The van der Waals surface area contributed by atoms with Crippen molar-refractivity contribution in [3.8, 4) is 0 Å². The lowest BCUT2D eigenvalue weighted by Gasteiger charge is -2.08. The van der Waals surface area contributed by atoms with E-state index in [9.17, 15) is 23.3 Å². The van der Waals surface area contributed by atoms with Gasteiger partial charge in [0.1, 0.15) is 18.6 Å². The fraction of sp³-hybridized carbons (Fsp3) is 0.250. The fourth-order valence-electron chi connectivity index (χ4n) is 1.08. The van der Waals surface area contributed by atoms with Gasteiger partial charge in [-0.2, -0.15) is 4.39 Å². The molecule has 15 heavy (non-hydrogen) atoms. The lowest BCUT2D eigenvalue weighted by Crippen LogP contribution is -2.08. The molecule has 1 atom stereocenters. The van der Waals surface area contributed by atoms with Crippen molar-refractivity contribution in [1.29, 1.82) is 0 Å². The second-order valence-electron chi connectivity index (χ2n) is 2.72. The number of aliphatic hydroxyl groups is 1. The molecule has 1 N–H and O–H groups in total. The summed E-state index contributed by atoms with van der Waals surface area (Å²) < 4.78 is 38.2. The molecule has 0 saturated carbocycles. The molecular formula is C8H6F3NO3. The van der Waals surface area contributed by atoms with Crippen LogP contribution in [0.5, 0.6) is 0 Å². The Hall–Kier alpha value is -1.63. The maximum Gasteiger partial charge on any atom is 0.305 e. The SMILES string of the molecule is O=[N+]([O-])c1ccc(F)c(C(O)CF)c1F. The highest BCUT2D eigenvalue weighted by atomic mass is 19.1. The Morgan fingerprint density at radius 2 is 2.07 bits per heavy atom. The average Bonchev–Trinajstić information content (AvgIpc) is 2.16. The Kier molecular flexibility index (Phi) is 3.25. The molecule has 0 bridgehead atoms. The van der Waals surface area contributed by atoms with Crippen molar-refractivity contribution in [1.82, 2.24) is 0 Å². The third kappa shape index (κ3) is 2.07. The van der Waals surface area contributed by atoms with Crippen LogP contribution in [0.1, 0.15) is 11.7 Å². The van der Waals surface area contributed by atoms with E-state index in [1.807, 2.05) is 0 Å². The van der Waals surface area contributed by atoms with Gasteiger partial charge >= 0.3 is 5.69 Å². The predicted molar refractivity (Wildman–Crippen MR) is 43.9 cm³/mol. The summed E-state index contributed by atoms with van der Waals surface area (Å²) in [6.45, 7) is -1.42. The first-order valence-electron chi connectivity index (χ1n) is 3.85. The number of alkyl halides is 1. The van der Waals surface area contributed by atoms with Crippen molar-refractivity contribution in [3.05, 3.63) is 39.4 Å². The van der Waals surface area contributed by atoms with E-state index in [1.165, 1.54) is 0 Å². The molecule has 0 radical (unpaired) electrons. The van der Waals surface area contributed by atoms with Crippen molar-refractivity contribution in [2.45, 2.75) is 6.10 Å². The van der Waals surface area contributed by atoms with Gasteiger partial charge in [0.25, 0.3) is 0 Å². The molecule has 1 rings (SSSR count). The minimum atomic E-state index is -2.04. The summed E-state index contributed by atoms with van der Waals surface area (Å²) in [7, 11) is 0. The van der Waals surface area contributed by atoms with Crippen LogP contribution in [0.25, 0.3) is 0 Å². The lowest BCUT2D eigenvalue weighted by atomic mass is 10.1. The molecule has 0 amide bonds. The van der Waals surface area contributed by atoms with Crippen molar-refractivity contribution in [3.63, 3.8) is 0 Å². The van der Waals surface area contributed by atoms with Crippen LogP contribution in [0, 0.1) is 21.7 Å². The Bertz CT molecular complexity index is 397. The summed E-state index contributed by atoms with van der Waals surface area (Å²) in [4.78, 5) is 9.18. The minimum absolute atomic E-state index is 0.607. The molecule has 82 valence electrons. The van der Waals surface area contributed by atoms with Gasteiger partial charge in [-0.15, -0.1) is 0 Å². The van der Waals surface area contributed by atoms with E-state index in [0.717, 1.165) is 0 Å². The number of hydrogen-bond acceptors (Lipinski definition) is 3. The van der Waals surface area contributed by atoms with Crippen molar-refractivity contribution >= 4 is 5.69 Å². The van der Waals surface area contributed by atoms with Crippen LogP contribution in [-0.4, -0.2) is 16.7 Å². The Balaban J connectivity index is 3.36. The maximum absolute atomic E-state index is 13.2. The van der Waals surface area contributed by atoms with Gasteiger partial charge in [-0.1, -0.05) is 0 Å². The minimum Gasteiger partial charge on any atom is -0.385 e. The van der Waals surface area contributed by atoms with E-state index < -0.39 is 40.6 Å². The van der Waals surface area contributed by atoms with Crippen molar-refractivity contribution in [2.24, 2.45) is 0 Å². The molecule has 0 aliphatic carbocycles. The summed E-state index contributed by atoms with van der Waals surface area (Å²) in [6, 6.07) is 1.22. The highest BCUT2D eigenvalue weighted by molar-refractivity contribution is 5.38. The fourth-order valence-corrected chi connectivity index (χ4v) is 1.08. The van der Waals surface area contributed by atoms with Crippen LogP contribution in [0.15, 0.2) is 12.1 Å². The molecule has 0 aliphatic heterocycles. The Morgan fingerprint density at radius 3 is 2.53 bits per heavy atom. The van der Waals surface area contributed by atoms with Crippen LogP contribution in [0.4, 0.5) is 18.9 Å². The van der Waals surface area contributed by atoms with E-state index >= 15 is 0 Å². The summed E-state index contributed by atoms with van der Waals surface area (Å²) in [5, 5.41) is 19.2. The van der Waals surface area contributed by atoms with Crippen LogP contribution in [0.3, 0.4) is 0 Å². The molecule has 0 fully saturated rings. The summed E-state index contributed by atoms with van der Waals surface area (Å²) in [5.41, 5.74) is -2.02. The van der Waals surface area contributed by atoms with E-state index in [2.05, 4.69) is 0 Å². The van der Waals surface area contributed by atoms with Gasteiger partial charge in [0, 0.05) is 6.07 Å². The maximum atomic E-state index is 13.2. The number of rotatable bonds is 3. The van der Waals surface area contributed by atoms with Gasteiger partial charge in [-0.3, -0.25) is 10.1 Å². The zero-order valence-electron chi connectivity index (χ0n) is 7.28. The molecule has 0 heterocycles. The molecule has 0 aromatic heterocycles. The van der Waals surface area contributed by atoms with E-state index in [0.29, 0.717) is 12.1 Å². The monoisotopic (exact) mass is 221 g/mol. The van der Waals surface area contributed by atoms with Gasteiger partial charge in [0.15, 0.2) is 0 Å². The van der Waals surface area contributed by atoms with E-state index in [4.69, 9.17) is 5.11 Å². The summed E-state index contributed by atoms with van der Waals surface area (Å²) in [6.07, 6.45) is -2.04. The Labute approximate surface area is 82.1 Å². The molecule has 4 nitrogen and oxygen atoms in total. The average molecular weight is 221 g/mol. The number of benzene rings is 1. The largest absolute Gasteiger partial charge is 0.385 e. The molecule has 1 unspecified atom stereocenters. The number of nitro groups is 1. The molecule has 1 aromatic carbocycles. The third-order valence-electron chi connectivity index (χ3n) is 1.78. The predicted octanol–water partition coefficient (Wildman–Crippen LogP) is 1.88. The number of hydrogen-bond donors (Lipinski definition) is 1. The van der Waals surface area contributed by atoms with Crippen LogP contribution >= 0.6 is 0 Å². The lowest BCUT2D eigenvalue weighted by molar-refractivity contribution is -0.387. The van der Waals surface area contributed by atoms with Crippen LogP contribution in [-0.2, 0) is 0 Å². The number of nitro benzene ring substituents is 1. The molecule has 1 aromatic rings. The second-order valence-corrected chi connectivity index (χ2v) is 2.72. The standard InChI is InChI=1S/C8H6F3NO3/c9-3-6(13)7-4(10)1-2-5(8(7)11)12(14)15/h1-2,6,13H,3H2.